The Balaban J connectivity index is 2.13. The number of thioether (sulfide) groups is 1. The zero-order chi connectivity index (χ0) is 17.9. The minimum atomic E-state index is -4.61. The lowest BCUT2D eigenvalue weighted by Gasteiger charge is -2.16. The van der Waals surface area contributed by atoms with Crippen molar-refractivity contribution in [3.8, 4) is 0 Å². The molecule has 0 aromatic heterocycles. The second-order valence-electron chi connectivity index (χ2n) is 4.89. The van der Waals surface area contributed by atoms with Gasteiger partial charge in [-0.15, -0.1) is 11.8 Å². The molecule has 0 saturated heterocycles. The number of amides is 1. The molecule has 0 saturated carbocycles. The van der Waals surface area contributed by atoms with Gasteiger partial charge < -0.3 is 5.32 Å². The predicted octanol–water partition coefficient (Wildman–Crippen LogP) is 6.13. The molecule has 0 spiro atoms. The Bertz CT molecular complexity index is 735. The molecule has 0 aliphatic heterocycles. The molecule has 24 heavy (non-hydrogen) atoms. The van der Waals surface area contributed by atoms with Crippen LogP contribution in [0.15, 0.2) is 47.4 Å². The highest BCUT2D eigenvalue weighted by Gasteiger charge is 2.34. The van der Waals surface area contributed by atoms with Crippen molar-refractivity contribution in [3.05, 3.63) is 58.1 Å². The standard InChI is InChI=1S/C16H12Cl2F3NOS/c1-9(24-12-5-2-10(17)3-6-12)15(23)22-14-7-4-11(18)8-13(14)16(19,20)21/h2-9H,1H3,(H,22,23)/t9-/m1/s1. The van der Waals surface area contributed by atoms with Crippen LogP contribution in [0.3, 0.4) is 0 Å². The zero-order valence-corrected chi connectivity index (χ0v) is 14.7. The molecular formula is C16H12Cl2F3NOS. The number of anilines is 1. The first-order valence-corrected chi connectivity index (χ1v) is 8.40. The summed E-state index contributed by atoms with van der Waals surface area (Å²) >= 11 is 12.6. The minimum Gasteiger partial charge on any atom is -0.325 e. The Labute approximate surface area is 151 Å². The SMILES string of the molecule is C[C@@H](Sc1ccc(Cl)cc1)C(=O)Nc1ccc(Cl)cc1C(F)(F)F. The van der Waals surface area contributed by atoms with Gasteiger partial charge in [-0.25, -0.2) is 0 Å². The van der Waals surface area contributed by atoms with E-state index in [1.807, 2.05) is 0 Å². The highest BCUT2D eigenvalue weighted by Crippen LogP contribution is 2.37. The molecule has 0 unspecified atom stereocenters. The van der Waals surface area contributed by atoms with Crippen LogP contribution in [-0.4, -0.2) is 11.2 Å². The van der Waals surface area contributed by atoms with Gasteiger partial charge in [0.05, 0.1) is 16.5 Å². The summed E-state index contributed by atoms with van der Waals surface area (Å²) in [6, 6.07) is 10.0. The van der Waals surface area contributed by atoms with Crippen molar-refractivity contribution in [2.45, 2.75) is 23.2 Å². The molecule has 0 heterocycles. The Kier molecular flexibility index (Phi) is 6.06. The van der Waals surface area contributed by atoms with E-state index in [0.29, 0.717) is 5.02 Å². The largest absolute Gasteiger partial charge is 0.418 e. The fourth-order valence-corrected chi connectivity index (χ4v) is 3.03. The summed E-state index contributed by atoms with van der Waals surface area (Å²) in [4.78, 5) is 13.0. The van der Waals surface area contributed by atoms with Gasteiger partial charge in [0, 0.05) is 14.9 Å². The second kappa shape index (κ2) is 7.68. The maximum Gasteiger partial charge on any atom is 0.418 e. The lowest BCUT2D eigenvalue weighted by atomic mass is 10.1. The van der Waals surface area contributed by atoms with Crippen LogP contribution in [0.5, 0.6) is 0 Å². The molecule has 0 aliphatic carbocycles. The van der Waals surface area contributed by atoms with Crippen molar-refractivity contribution < 1.29 is 18.0 Å². The third-order valence-corrected chi connectivity index (χ3v) is 4.64. The lowest BCUT2D eigenvalue weighted by Crippen LogP contribution is -2.24. The molecule has 1 atom stereocenters. The molecular weight excluding hydrogens is 382 g/mol. The summed E-state index contributed by atoms with van der Waals surface area (Å²) in [5.74, 6) is -0.539. The first kappa shape index (κ1) is 19.0. The number of hydrogen-bond donors (Lipinski definition) is 1. The molecule has 2 nitrogen and oxygen atoms in total. The Morgan fingerprint density at radius 2 is 1.67 bits per heavy atom. The first-order valence-electron chi connectivity index (χ1n) is 6.76. The van der Waals surface area contributed by atoms with E-state index < -0.39 is 22.9 Å². The number of halogens is 5. The fraction of sp³-hybridized carbons (Fsp3) is 0.188. The van der Waals surface area contributed by atoms with Crippen molar-refractivity contribution in [2.75, 3.05) is 5.32 Å². The maximum atomic E-state index is 13.0. The Hall–Kier alpha value is -1.37. The fourth-order valence-electron chi connectivity index (χ4n) is 1.87. The molecule has 1 N–H and O–H groups in total. The summed E-state index contributed by atoms with van der Waals surface area (Å²) in [6.45, 7) is 1.61. The van der Waals surface area contributed by atoms with Crippen molar-refractivity contribution >= 4 is 46.6 Å². The molecule has 2 aromatic rings. The van der Waals surface area contributed by atoms with Gasteiger partial charge in [0.1, 0.15) is 0 Å². The van der Waals surface area contributed by atoms with Crippen molar-refractivity contribution in [2.24, 2.45) is 0 Å². The van der Waals surface area contributed by atoms with Crippen LogP contribution in [0, 0.1) is 0 Å². The van der Waals surface area contributed by atoms with Crippen molar-refractivity contribution in [1.82, 2.24) is 0 Å². The van der Waals surface area contributed by atoms with Crippen LogP contribution >= 0.6 is 35.0 Å². The second-order valence-corrected chi connectivity index (χ2v) is 7.18. The van der Waals surface area contributed by atoms with E-state index >= 15 is 0 Å². The number of alkyl halides is 3. The zero-order valence-electron chi connectivity index (χ0n) is 12.3. The van der Waals surface area contributed by atoms with Gasteiger partial charge in [0.25, 0.3) is 0 Å². The van der Waals surface area contributed by atoms with Gasteiger partial charge in [-0.3, -0.25) is 4.79 Å². The van der Waals surface area contributed by atoms with Crippen LogP contribution in [0.1, 0.15) is 12.5 Å². The number of nitrogens with one attached hydrogen (secondary N) is 1. The normalized spacial score (nSPS) is 12.8. The van der Waals surface area contributed by atoms with Gasteiger partial charge in [-0.05, 0) is 49.4 Å². The van der Waals surface area contributed by atoms with Gasteiger partial charge in [0.2, 0.25) is 5.91 Å². The predicted molar refractivity (Wildman–Crippen MR) is 91.9 cm³/mol. The van der Waals surface area contributed by atoms with E-state index in [2.05, 4.69) is 5.32 Å². The summed E-state index contributed by atoms with van der Waals surface area (Å²) in [5.41, 5.74) is -1.30. The van der Waals surface area contributed by atoms with E-state index in [0.717, 1.165) is 17.0 Å². The molecule has 0 radical (unpaired) electrons. The topological polar surface area (TPSA) is 29.1 Å². The number of hydrogen-bond acceptors (Lipinski definition) is 2. The smallest absolute Gasteiger partial charge is 0.325 e. The van der Waals surface area contributed by atoms with Crippen LogP contribution < -0.4 is 5.32 Å². The molecule has 1 amide bonds. The van der Waals surface area contributed by atoms with Crippen LogP contribution in [0.25, 0.3) is 0 Å². The van der Waals surface area contributed by atoms with Gasteiger partial charge in [-0.2, -0.15) is 13.2 Å². The van der Waals surface area contributed by atoms with Gasteiger partial charge >= 0.3 is 6.18 Å². The Morgan fingerprint density at radius 3 is 2.25 bits per heavy atom. The van der Waals surface area contributed by atoms with Gasteiger partial charge in [0.15, 0.2) is 0 Å². The monoisotopic (exact) mass is 393 g/mol. The lowest BCUT2D eigenvalue weighted by molar-refractivity contribution is -0.137. The number of carbonyl (C=O) groups is 1. The molecule has 0 aliphatic rings. The van der Waals surface area contributed by atoms with Crippen molar-refractivity contribution in [3.63, 3.8) is 0 Å². The first-order chi connectivity index (χ1) is 11.2. The van der Waals surface area contributed by atoms with E-state index in [4.69, 9.17) is 23.2 Å². The van der Waals surface area contributed by atoms with Crippen molar-refractivity contribution in [1.29, 1.82) is 0 Å². The number of carbonyl (C=O) groups excluding carboxylic acids is 1. The quantitative estimate of drug-likeness (QED) is 0.632. The molecule has 0 fully saturated rings. The summed E-state index contributed by atoms with van der Waals surface area (Å²) < 4.78 is 39.1. The van der Waals surface area contributed by atoms with E-state index in [-0.39, 0.29) is 10.7 Å². The Morgan fingerprint density at radius 1 is 1.08 bits per heavy atom. The maximum absolute atomic E-state index is 13.0. The summed E-state index contributed by atoms with van der Waals surface area (Å²) in [7, 11) is 0. The summed E-state index contributed by atoms with van der Waals surface area (Å²) in [6.07, 6.45) is -4.61. The molecule has 128 valence electrons. The highest BCUT2D eigenvalue weighted by atomic mass is 35.5. The molecule has 8 heteroatoms. The number of rotatable bonds is 4. The average Bonchev–Trinajstić information content (AvgIpc) is 2.50. The molecule has 0 bridgehead atoms. The van der Waals surface area contributed by atoms with Crippen LogP contribution in [-0.2, 0) is 11.0 Å². The molecule has 2 rings (SSSR count). The average molecular weight is 394 g/mol. The summed E-state index contributed by atoms with van der Waals surface area (Å²) in [5, 5.41) is 2.23. The minimum absolute atomic E-state index is 0.0519. The van der Waals surface area contributed by atoms with E-state index in [1.54, 1.807) is 31.2 Å². The molecule has 2 aromatic carbocycles. The number of benzene rings is 2. The third-order valence-electron chi connectivity index (χ3n) is 3.04. The van der Waals surface area contributed by atoms with Gasteiger partial charge in [-0.1, -0.05) is 23.2 Å². The van der Waals surface area contributed by atoms with Crippen LogP contribution in [0.4, 0.5) is 18.9 Å². The van der Waals surface area contributed by atoms with Crippen LogP contribution in [0.2, 0.25) is 10.0 Å². The highest BCUT2D eigenvalue weighted by molar-refractivity contribution is 8.00. The van der Waals surface area contributed by atoms with E-state index in [9.17, 15) is 18.0 Å². The third kappa shape index (κ3) is 5.06. The van der Waals surface area contributed by atoms with E-state index in [1.165, 1.54) is 17.8 Å².